The number of nitrogens with zero attached hydrogens (tertiary/aromatic N) is 1. The van der Waals surface area contributed by atoms with Gasteiger partial charge in [0.05, 0.1) is 17.5 Å². The Morgan fingerprint density at radius 2 is 2.32 bits per heavy atom. The minimum absolute atomic E-state index is 0.00522. The molecule has 1 fully saturated rings. The second kappa shape index (κ2) is 4.90. The van der Waals surface area contributed by atoms with Gasteiger partial charge < -0.3 is 10.0 Å². The van der Waals surface area contributed by atoms with Gasteiger partial charge in [-0.3, -0.25) is 4.79 Å². The quantitative estimate of drug-likeness (QED) is 0.918. The monoisotopic (exact) mass is 279 g/mol. The van der Waals surface area contributed by atoms with E-state index >= 15 is 0 Å². The molecule has 0 aliphatic carbocycles. The van der Waals surface area contributed by atoms with Gasteiger partial charge in [-0.2, -0.15) is 0 Å². The smallest absolute Gasteiger partial charge is 0.264 e. The normalized spacial score (nSPS) is 19.3. The summed E-state index contributed by atoms with van der Waals surface area (Å²) in [5.74, 6) is -0.346. The fourth-order valence-corrected chi connectivity index (χ4v) is 3.59. The van der Waals surface area contributed by atoms with Crippen LogP contribution in [0.5, 0.6) is 0 Å². The minimum atomic E-state index is -0.289. The highest BCUT2D eigenvalue weighted by Gasteiger charge is 2.29. The number of carbonyl (C=O) groups is 1. The van der Waals surface area contributed by atoms with Crippen LogP contribution in [0.15, 0.2) is 24.3 Å². The third kappa shape index (κ3) is 2.24. The predicted octanol–water partition coefficient (Wildman–Crippen LogP) is 2.64. The van der Waals surface area contributed by atoms with Crippen LogP contribution in [0, 0.1) is 5.82 Å². The van der Waals surface area contributed by atoms with Gasteiger partial charge in [0.1, 0.15) is 5.82 Å². The van der Waals surface area contributed by atoms with Crippen LogP contribution in [-0.4, -0.2) is 35.1 Å². The number of likely N-dealkylation sites (tertiary alicyclic amines) is 1. The summed E-state index contributed by atoms with van der Waals surface area (Å²) in [7, 11) is 0. The highest BCUT2D eigenvalue weighted by molar-refractivity contribution is 7.20. The number of carbonyl (C=O) groups excluding carboxylic acids is 1. The molecule has 3 nitrogen and oxygen atoms in total. The molecule has 19 heavy (non-hydrogen) atoms. The van der Waals surface area contributed by atoms with Crippen LogP contribution in [0.2, 0.25) is 0 Å². The van der Waals surface area contributed by atoms with Gasteiger partial charge in [-0.1, -0.05) is 6.07 Å². The summed E-state index contributed by atoms with van der Waals surface area (Å²) in [5, 5.41) is 10.2. The van der Waals surface area contributed by atoms with Crippen LogP contribution < -0.4 is 0 Å². The Bertz CT molecular complexity index is 625. The van der Waals surface area contributed by atoms with E-state index in [0.29, 0.717) is 11.4 Å². The third-order valence-corrected chi connectivity index (χ3v) is 4.63. The fraction of sp³-hybridized carbons (Fsp3) is 0.357. The number of aliphatic hydroxyl groups is 1. The second-order valence-electron chi connectivity index (χ2n) is 4.77. The summed E-state index contributed by atoms with van der Waals surface area (Å²) >= 11 is 1.31. The summed E-state index contributed by atoms with van der Waals surface area (Å²) < 4.78 is 13.9. The fourth-order valence-electron chi connectivity index (χ4n) is 2.54. The number of halogens is 1. The topological polar surface area (TPSA) is 40.5 Å². The summed E-state index contributed by atoms with van der Waals surface area (Å²) in [5.41, 5.74) is 0. The molecule has 100 valence electrons. The number of hydrogen-bond acceptors (Lipinski definition) is 3. The molecule has 2 heterocycles. The molecule has 0 radical (unpaired) electrons. The lowest BCUT2D eigenvalue weighted by Gasteiger charge is -2.22. The molecule has 0 saturated carbocycles. The Hall–Kier alpha value is -1.46. The maximum Gasteiger partial charge on any atom is 0.264 e. The minimum Gasteiger partial charge on any atom is -0.394 e. The second-order valence-corrected chi connectivity index (χ2v) is 5.85. The van der Waals surface area contributed by atoms with Crippen LogP contribution in [0.3, 0.4) is 0 Å². The molecule has 1 aromatic carbocycles. The Morgan fingerprint density at radius 1 is 1.47 bits per heavy atom. The number of hydrogen-bond donors (Lipinski definition) is 1. The van der Waals surface area contributed by atoms with E-state index in [9.17, 15) is 14.3 Å². The molecule has 1 aromatic heterocycles. The SMILES string of the molecule is O=C(c1cc2ccc(F)cc2s1)N1CCC[C@H]1CO. The molecule has 1 atom stereocenters. The molecule has 0 bridgehead atoms. The van der Waals surface area contributed by atoms with Crippen molar-refractivity contribution in [3.63, 3.8) is 0 Å². The van der Waals surface area contributed by atoms with Gasteiger partial charge in [-0.25, -0.2) is 4.39 Å². The maximum absolute atomic E-state index is 13.1. The van der Waals surface area contributed by atoms with Gasteiger partial charge in [0.2, 0.25) is 0 Å². The van der Waals surface area contributed by atoms with Crippen molar-refractivity contribution in [2.75, 3.05) is 13.2 Å². The third-order valence-electron chi connectivity index (χ3n) is 3.54. The average Bonchev–Trinajstić information content (AvgIpc) is 3.03. The Morgan fingerprint density at radius 3 is 3.11 bits per heavy atom. The molecule has 1 N–H and O–H groups in total. The van der Waals surface area contributed by atoms with E-state index in [1.165, 1.54) is 23.5 Å². The van der Waals surface area contributed by atoms with E-state index < -0.39 is 0 Å². The van der Waals surface area contributed by atoms with Gasteiger partial charge in [0.15, 0.2) is 0 Å². The molecule has 1 aliphatic rings. The van der Waals surface area contributed by atoms with E-state index in [1.807, 2.05) is 0 Å². The first-order chi connectivity index (χ1) is 9.19. The molecule has 1 amide bonds. The molecule has 1 saturated heterocycles. The van der Waals surface area contributed by atoms with Crippen molar-refractivity contribution in [1.82, 2.24) is 4.90 Å². The van der Waals surface area contributed by atoms with Crippen LogP contribution in [0.1, 0.15) is 22.5 Å². The number of rotatable bonds is 2. The van der Waals surface area contributed by atoms with Crippen LogP contribution >= 0.6 is 11.3 Å². The maximum atomic E-state index is 13.1. The number of benzene rings is 1. The molecule has 0 spiro atoms. The van der Waals surface area contributed by atoms with Crippen molar-refractivity contribution >= 4 is 27.3 Å². The number of thiophene rings is 1. The standard InChI is InChI=1S/C14H14FNO2S/c15-10-4-3-9-6-13(19-12(9)7-10)14(18)16-5-1-2-11(16)8-17/h3-4,6-7,11,17H,1-2,5,8H2/t11-/m0/s1. The summed E-state index contributed by atoms with van der Waals surface area (Å²) in [6.45, 7) is 0.692. The first kappa shape index (κ1) is 12.6. The van der Waals surface area contributed by atoms with E-state index in [2.05, 4.69) is 0 Å². The molecular formula is C14H14FNO2S. The van der Waals surface area contributed by atoms with Crippen molar-refractivity contribution in [3.05, 3.63) is 35.0 Å². The zero-order valence-electron chi connectivity index (χ0n) is 10.3. The average molecular weight is 279 g/mol. The van der Waals surface area contributed by atoms with E-state index in [-0.39, 0.29) is 24.4 Å². The molecule has 0 unspecified atom stereocenters. The zero-order chi connectivity index (χ0) is 13.4. The molecule has 5 heteroatoms. The van der Waals surface area contributed by atoms with E-state index in [1.54, 1.807) is 17.0 Å². The molecule has 2 aromatic rings. The lowest BCUT2D eigenvalue weighted by Crippen LogP contribution is -2.37. The molecule has 3 rings (SSSR count). The van der Waals surface area contributed by atoms with Gasteiger partial charge in [-0.15, -0.1) is 11.3 Å². The highest BCUT2D eigenvalue weighted by Crippen LogP contribution is 2.29. The first-order valence-electron chi connectivity index (χ1n) is 6.30. The Kier molecular flexibility index (Phi) is 3.24. The number of fused-ring (bicyclic) bond motifs is 1. The van der Waals surface area contributed by atoms with Gasteiger partial charge >= 0.3 is 0 Å². The van der Waals surface area contributed by atoms with Crippen molar-refractivity contribution in [2.24, 2.45) is 0 Å². The van der Waals surface area contributed by atoms with Crippen molar-refractivity contribution in [3.8, 4) is 0 Å². The lowest BCUT2D eigenvalue weighted by molar-refractivity contribution is 0.0682. The first-order valence-corrected chi connectivity index (χ1v) is 7.11. The van der Waals surface area contributed by atoms with Gasteiger partial charge in [-0.05, 0) is 36.4 Å². The molecule has 1 aliphatic heterocycles. The Balaban J connectivity index is 1.93. The van der Waals surface area contributed by atoms with E-state index in [4.69, 9.17) is 0 Å². The van der Waals surface area contributed by atoms with Crippen LogP contribution in [0.4, 0.5) is 4.39 Å². The Labute approximate surface area is 114 Å². The van der Waals surface area contributed by atoms with E-state index in [0.717, 1.165) is 22.9 Å². The molecular weight excluding hydrogens is 265 g/mol. The summed E-state index contributed by atoms with van der Waals surface area (Å²) in [6.07, 6.45) is 1.78. The lowest BCUT2D eigenvalue weighted by atomic mass is 10.2. The van der Waals surface area contributed by atoms with Crippen LogP contribution in [-0.2, 0) is 0 Å². The summed E-state index contributed by atoms with van der Waals surface area (Å²) in [6, 6.07) is 6.26. The summed E-state index contributed by atoms with van der Waals surface area (Å²) in [4.78, 5) is 14.7. The largest absolute Gasteiger partial charge is 0.394 e. The van der Waals surface area contributed by atoms with Crippen LogP contribution in [0.25, 0.3) is 10.1 Å². The van der Waals surface area contributed by atoms with Gasteiger partial charge in [0, 0.05) is 11.2 Å². The zero-order valence-corrected chi connectivity index (χ0v) is 11.1. The van der Waals surface area contributed by atoms with Gasteiger partial charge in [0.25, 0.3) is 5.91 Å². The van der Waals surface area contributed by atoms with Crippen molar-refractivity contribution < 1.29 is 14.3 Å². The van der Waals surface area contributed by atoms with Crippen molar-refractivity contribution in [2.45, 2.75) is 18.9 Å². The number of amides is 1. The van der Waals surface area contributed by atoms with Crippen molar-refractivity contribution in [1.29, 1.82) is 0 Å². The predicted molar refractivity (Wildman–Crippen MR) is 72.9 cm³/mol. The number of aliphatic hydroxyl groups excluding tert-OH is 1. The highest BCUT2D eigenvalue weighted by atomic mass is 32.1.